The van der Waals surface area contributed by atoms with E-state index in [9.17, 15) is 4.39 Å². The van der Waals surface area contributed by atoms with Crippen molar-refractivity contribution in [2.24, 2.45) is 0 Å². The van der Waals surface area contributed by atoms with Gasteiger partial charge in [0.2, 0.25) is 0 Å². The first-order valence-electron chi connectivity index (χ1n) is 6.90. The van der Waals surface area contributed by atoms with Crippen LogP contribution in [0.2, 0.25) is 0 Å². The van der Waals surface area contributed by atoms with Crippen molar-refractivity contribution in [3.8, 4) is 0 Å². The normalized spacial score (nSPS) is 25.6. The van der Waals surface area contributed by atoms with E-state index in [4.69, 9.17) is 9.31 Å². The van der Waals surface area contributed by atoms with Gasteiger partial charge in [-0.2, -0.15) is 4.39 Å². The van der Waals surface area contributed by atoms with Crippen LogP contribution in [0.3, 0.4) is 0 Å². The molecular weight excluding hydrogens is 246 g/mol. The third-order valence-electron chi connectivity index (χ3n) is 4.67. The van der Waals surface area contributed by atoms with Crippen molar-refractivity contribution in [3.05, 3.63) is 12.3 Å². The molecule has 19 heavy (non-hydrogen) atoms. The Morgan fingerprint density at radius 3 is 2.32 bits per heavy atom. The maximum atomic E-state index is 13.9. The predicted molar refractivity (Wildman–Crippen MR) is 70.8 cm³/mol. The second-order valence-electron chi connectivity index (χ2n) is 6.52. The van der Waals surface area contributed by atoms with Crippen LogP contribution in [0.25, 0.3) is 0 Å². The van der Waals surface area contributed by atoms with Crippen molar-refractivity contribution in [1.29, 1.82) is 0 Å². The van der Waals surface area contributed by atoms with Crippen LogP contribution in [-0.2, 0) is 9.31 Å². The van der Waals surface area contributed by atoms with Crippen molar-refractivity contribution < 1.29 is 13.7 Å². The minimum atomic E-state index is -0.583. The summed E-state index contributed by atoms with van der Waals surface area (Å²) in [5.41, 5.74) is -0.314. The number of aromatic nitrogens is 2. The monoisotopic (exact) mass is 266 g/mol. The Hall–Kier alpha value is -0.875. The molecule has 3 rings (SSSR count). The maximum Gasteiger partial charge on any atom is 0.516 e. The van der Waals surface area contributed by atoms with Gasteiger partial charge in [0.15, 0.2) is 0 Å². The summed E-state index contributed by atoms with van der Waals surface area (Å²) in [5, 5.41) is 0. The molecule has 1 aromatic heterocycles. The molecule has 2 heterocycles. The molecule has 104 valence electrons. The molecule has 0 N–H and O–H groups in total. The Morgan fingerprint density at radius 2 is 1.84 bits per heavy atom. The summed E-state index contributed by atoms with van der Waals surface area (Å²) in [6.45, 7) is 7.91. The number of imidazole rings is 1. The van der Waals surface area contributed by atoms with E-state index in [0.717, 1.165) is 19.3 Å². The molecule has 1 aromatic rings. The Kier molecular flexibility index (Phi) is 2.80. The van der Waals surface area contributed by atoms with E-state index in [1.165, 1.54) is 0 Å². The fourth-order valence-corrected chi connectivity index (χ4v) is 2.39. The van der Waals surface area contributed by atoms with E-state index in [0.29, 0.717) is 5.59 Å². The Balaban J connectivity index is 1.84. The zero-order chi connectivity index (χ0) is 13.8. The van der Waals surface area contributed by atoms with E-state index in [2.05, 4.69) is 4.98 Å². The molecule has 1 aliphatic heterocycles. The lowest BCUT2D eigenvalue weighted by atomic mass is 9.85. The molecule has 0 unspecified atom stereocenters. The Labute approximate surface area is 113 Å². The highest BCUT2D eigenvalue weighted by atomic mass is 19.1. The van der Waals surface area contributed by atoms with Crippen molar-refractivity contribution in [1.82, 2.24) is 9.55 Å². The Bertz CT molecular complexity index is 481. The number of hydrogen-bond acceptors (Lipinski definition) is 3. The van der Waals surface area contributed by atoms with Crippen molar-refractivity contribution in [2.75, 3.05) is 0 Å². The first-order chi connectivity index (χ1) is 8.80. The summed E-state index contributed by atoms with van der Waals surface area (Å²) in [6, 6.07) is 0.253. The van der Waals surface area contributed by atoms with Gasteiger partial charge in [0.1, 0.15) is 0 Å². The van der Waals surface area contributed by atoms with Gasteiger partial charge in [-0.15, -0.1) is 0 Å². The highest BCUT2D eigenvalue weighted by Gasteiger charge is 2.52. The van der Waals surface area contributed by atoms with Crippen LogP contribution in [-0.4, -0.2) is 27.9 Å². The quantitative estimate of drug-likeness (QED) is 0.768. The summed E-state index contributed by atoms with van der Waals surface area (Å²) in [6.07, 6.45) is 4.51. The molecular formula is C13H20BFN2O2. The van der Waals surface area contributed by atoms with Gasteiger partial charge in [0.05, 0.1) is 16.8 Å². The molecule has 0 radical (unpaired) electrons. The number of halogens is 1. The van der Waals surface area contributed by atoms with Crippen LogP contribution in [0.5, 0.6) is 0 Å². The van der Waals surface area contributed by atoms with Gasteiger partial charge in [0, 0.05) is 12.2 Å². The minimum absolute atomic E-state index is 0.253. The molecule has 0 spiro atoms. The largest absolute Gasteiger partial charge is 0.516 e. The highest BCUT2D eigenvalue weighted by Crippen LogP contribution is 2.37. The number of hydrogen-bond donors (Lipinski definition) is 0. The fourth-order valence-electron chi connectivity index (χ4n) is 2.39. The maximum absolute atomic E-state index is 13.9. The molecule has 1 aliphatic carbocycles. The van der Waals surface area contributed by atoms with E-state index in [1.807, 2.05) is 27.7 Å². The molecule has 2 aliphatic rings. The van der Waals surface area contributed by atoms with Crippen LogP contribution in [0.4, 0.5) is 4.39 Å². The van der Waals surface area contributed by atoms with E-state index in [-0.39, 0.29) is 6.04 Å². The lowest BCUT2D eigenvalue weighted by Crippen LogP contribution is -2.41. The van der Waals surface area contributed by atoms with Gasteiger partial charge in [-0.3, -0.25) is 0 Å². The van der Waals surface area contributed by atoms with Gasteiger partial charge < -0.3 is 13.9 Å². The van der Waals surface area contributed by atoms with Crippen molar-refractivity contribution in [3.63, 3.8) is 0 Å². The van der Waals surface area contributed by atoms with Crippen LogP contribution < -0.4 is 5.59 Å². The standard InChI is InChI=1S/C13H20BFN2O2/c1-12(2)13(3,4)19-14(18-12)10-8-17(11(15)16-10)9-6-5-7-9/h8-9H,5-7H2,1-4H3. The first-order valence-corrected chi connectivity index (χ1v) is 6.90. The third-order valence-corrected chi connectivity index (χ3v) is 4.67. The molecule has 0 amide bonds. The molecule has 0 bridgehead atoms. The highest BCUT2D eigenvalue weighted by molar-refractivity contribution is 6.61. The van der Waals surface area contributed by atoms with Gasteiger partial charge in [-0.25, -0.2) is 4.98 Å². The average Bonchev–Trinajstić information content (AvgIpc) is 2.65. The summed E-state index contributed by atoms with van der Waals surface area (Å²) >= 11 is 0. The zero-order valence-electron chi connectivity index (χ0n) is 11.9. The molecule has 0 aromatic carbocycles. The topological polar surface area (TPSA) is 36.3 Å². The summed E-state index contributed by atoms with van der Waals surface area (Å²) in [7, 11) is -0.583. The van der Waals surface area contributed by atoms with Crippen molar-refractivity contribution in [2.45, 2.75) is 64.2 Å². The molecule has 1 saturated carbocycles. The minimum Gasteiger partial charge on any atom is -0.398 e. The van der Waals surface area contributed by atoms with Crippen LogP contribution in [0.1, 0.15) is 53.0 Å². The van der Waals surface area contributed by atoms with Crippen LogP contribution in [0, 0.1) is 6.08 Å². The SMILES string of the molecule is CC1(C)OB(c2cn(C3CCC3)c(F)n2)OC1(C)C. The molecule has 4 nitrogen and oxygen atoms in total. The molecule has 1 saturated heterocycles. The zero-order valence-corrected chi connectivity index (χ0v) is 11.9. The predicted octanol–water partition coefficient (Wildman–Crippen LogP) is 2.05. The number of nitrogens with zero attached hydrogens (tertiary/aromatic N) is 2. The van der Waals surface area contributed by atoms with Gasteiger partial charge >= 0.3 is 7.12 Å². The van der Waals surface area contributed by atoms with Gasteiger partial charge in [0.25, 0.3) is 6.08 Å². The second-order valence-corrected chi connectivity index (χ2v) is 6.52. The Morgan fingerprint density at radius 1 is 1.26 bits per heavy atom. The summed E-state index contributed by atoms with van der Waals surface area (Å²) in [4.78, 5) is 3.97. The van der Waals surface area contributed by atoms with E-state index >= 15 is 0 Å². The summed E-state index contributed by atoms with van der Waals surface area (Å²) < 4.78 is 27.2. The number of rotatable bonds is 2. The third kappa shape index (κ3) is 2.01. The van der Waals surface area contributed by atoms with Crippen LogP contribution >= 0.6 is 0 Å². The van der Waals surface area contributed by atoms with Gasteiger partial charge in [-0.05, 0) is 47.0 Å². The smallest absolute Gasteiger partial charge is 0.398 e. The van der Waals surface area contributed by atoms with Crippen molar-refractivity contribution >= 4 is 12.7 Å². The fraction of sp³-hybridized carbons (Fsp3) is 0.769. The van der Waals surface area contributed by atoms with E-state index < -0.39 is 24.4 Å². The summed E-state index contributed by atoms with van der Waals surface area (Å²) in [5.74, 6) is 0. The van der Waals surface area contributed by atoms with E-state index in [1.54, 1.807) is 10.8 Å². The van der Waals surface area contributed by atoms with Gasteiger partial charge in [-0.1, -0.05) is 0 Å². The average molecular weight is 266 g/mol. The molecule has 0 atom stereocenters. The lowest BCUT2D eigenvalue weighted by Gasteiger charge is -2.32. The first kappa shape index (κ1) is 13.1. The van der Waals surface area contributed by atoms with Crippen LogP contribution in [0.15, 0.2) is 6.20 Å². The lowest BCUT2D eigenvalue weighted by molar-refractivity contribution is 0.00578. The second kappa shape index (κ2) is 4.06. The molecule has 2 fully saturated rings. The molecule has 6 heteroatoms.